The van der Waals surface area contributed by atoms with Crippen LogP contribution in [-0.2, 0) is 9.59 Å². The zero-order chi connectivity index (χ0) is 17.1. The number of carbonyl (C=O) groups is 2. The molecule has 0 spiro atoms. The minimum Gasteiger partial charge on any atom is -0.382 e. The van der Waals surface area contributed by atoms with Gasteiger partial charge in [0.2, 0.25) is 0 Å². The molecule has 1 saturated carbocycles. The Kier molecular flexibility index (Phi) is 3.60. The number of Topliss-reactive ketones (excluding diaryl/α,β-unsaturated/α-hetero) is 2. The molecule has 4 atom stereocenters. The highest BCUT2D eigenvalue weighted by Crippen LogP contribution is 2.51. The highest BCUT2D eigenvalue weighted by molar-refractivity contribution is 6.19. The topological polar surface area (TPSA) is 54.4 Å². The van der Waals surface area contributed by atoms with Crippen LogP contribution in [0, 0.1) is 17.8 Å². The molecular formula is C20H24O3. The lowest BCUT2D eigenvalue weighted by Crippen LogP contribution is -2.37. The number of allylic oxidation sites excluding steroid dienone is 4. The number of aliphatic hydroxyl groups is 1. The van der Waals surface area contributed by atoms with Crippen molar-refractivity contribution in [3.63, 3.8) is 0 Å². The first-order valence-electron chi connectivity index (χ1n) is 8.21. The number of carbonyl (C=O) groups excluding carboxylic acids is 2. The van der Waals surface area contributed by atoms with Crippen LogP contribution in [0.2, 0.25) is 0 Å². The van der Waals surface area contributed by atoms with Crippen LogP contribution in [0.15, 0.2) is 47.1 Å². The molecule has 0 aromatic carbocycles. The van der Waals surface area contributed by atoms with E-state index in [9.17, 15) is 14.7 Å². The second-order valence-electron chi connectivity index (χ2n) is 7.56. The second kappa shape index (κ2) is 5.13. The fourth-order valence-corrected chi connectivity index (χ4v) is 4.46. The predicted octanol–water partition coefficient (Wildman–Crippen LogP) is 3.31. The lowest BCUT2D eigenvalue weighted by atomic mass is 9.64. The van der Waals surface area contributed by atoms with Gasteiger partial charge in [0.25, 0.3) is 0 Å². The third-order valence-corrected chi connectivity index (χ3v) is 5.66. The van der Waals surface area contributed by atoms with Gasteiger partial charge in [0.15, 0.2) is 11.6 Å². The molecule has 1 fully saturated rings. The summed E-state index contributed by atoms with van der Waals surface area (Å²) in [6.45, 7) is 13.6. The van der Waals surface area contributed by atoms with Gasteiger partial charge < -0.3 is 5.11 Å². The van der Waals surface area contributed by atoms with Gasteiger partial charge in [-0.25, -0.2) is 0 Å². The summed E-state index contributed by atoms with van der Waals surface area (Å²) in [4.78, 5) is 25.5. The van der Waals surface area contributed by atoms with Gasteiger partial charge in [-0.15, -0.1) is 0 Å². The second-order valence-corrected chi connectivity index (χ2v) is 7.56. The maximum absolute atomic E-state index is 12.8. The van der Waals surface area contributed by atoms with E-state index >= 15 is 0 Å². The van der Waals surface area contributed by atoms with E-state index in [0.29, 0.717) is 16.7 Å². The van der Waals surface area contributed by atoms with E-state index in [2.05, 4.69) is 13.2 Å². The van der Waals surface area contributed by atoms with Crippen LogP contribution in [0.4, 0.5) is 0 Å². The van der Waals surface area contributed by atoms with Crippen molar-refractivity contribution in [2.75, 3.05) is 0 Å². The molecule has 23 heavy (non-hydrogen) atoms. The molecule has 3 heteroatoms. The van der Waals surface area contributed by atoms with Gasteiger partial charge in [0.05, 0.1) is 0 Å². The van der Waals surface area contributed by atoms with Gasteiger partial charge in [-0.05, 0) is 51.0 Å². The molecular weight excluding hydrogens is 288 g/mol. The molecule has 0 aromatic heterocycles. The Morgan fingerprint density at radius 1 is 1.39 bits per heavy atom. The van der Waals surface area contributed by atoms with Crippen LogP contribution in [0.3, 0.4) is 0 Å². The number of ketones is 2. The van der Waals surface area contributed by atoms with E-state index < -0.39 is 5.60 Å². The van der Waals surface area contributed by atoms with Crippen LogP contribution >= 0.6 is 0 Å². The van der Waals surface area contributed by atoms with Gasteiger partial charge in [0, 0.05) is 23.5 Å². The largest absolute Gasteiger partial charge is 0.382 e. The molecule has 3 rings (SSSR count). The SMILES string of the molecule is C=C(C)C1CCC(=C)C2C3=C(C[C@](C)(O)C3=O)C(=O)C(C)=C[C@H]12. The molecule has 0 aromatic rings. The van der Waals surface area contributed by atoms with E-state index in [1.165, 1.54) is 6.92 Å². The molecule has 0 radical (unpaired) electrons. The normalized spacial score (nSPS) is 37.3. The summed E-state index contributed by atoms with van der Waals surface area (Å²) in [6.07, 6.45) is 3.89. The van der Waals surface area contributed by atoms with E-state index in [1.54, 1.807) is 6.92 Å². The standard InChI is InChI=1S/C20H24O3/c1-10(2)13-7-6-11(3)16-14(13)8-12(4)18(21)15-9-20(5,23)19(22)17(15)16/h8,13-14,16,23H,1,3,6-7,9H2,2,4-5H3/t13?,14-,16?,20+/m1/s1. The minimum atomic E-state index is -1.47. The summed E-state index contributed by atoms with van der Waals surface area (Å²) in [5.74, 6) is -0.318. The highest BCUT2D eigenvalue weighted by Gasteiger charge is 2.51. The molecule has 0 heterocycles. The van der Waals surface area contributed by atoms with Crippen molar-refractivity contribution in [3.05, 3.63) is 47.1 Å². The first kappa shape index (κ1) is 16.1. The Bertz CT molecular complexity index is 702. The Balaban J connectivity index is 2.21. The van der Waals surface area contributed by atoms with Crippen molar-refractivity contribution in [2.24, 2.45) is 17.8 Å². The first-order chi connectivity index (χ1) is 10.6. The zero-order valence-electron chi connectivity index (χ0n) is 14.1. The summed E-state index contributed by atoms with van der Waals surface area (Å²) in [6, 6.07) is 0. The molecule has 3 aliphatic carbocycles. The monoisotopic (exact) mass is 312 g/mol. The molecule has 0 bridgehead atoms. The van der Waals surface area contributed by atoms with Crippen molar-refractivity contribution < 1.29 is 14.7 Å². The van der Waals surface area contributed by atoms with Crippen LogP contribution in [0.5, 0.6) is 0 Å². The Morgan fingerprint density at radius 3 is 2.65 bits per heavy atom. The Labute approximate surface area is 137 Å². The summed E-state index contributed by atoms with van der Waals surface area (Å²) >= 11 is 0. The molecule has 0 aliphatic heterocycles. The number of fused-ring (bicyclic) bond motifs is 2. The van der Waals surface area contributed by atoms with Crippen molar-refractivity contribution in [2.45, 2.75) is 45.6 Å². The lowest BCUT2D eigenvalue weighted by molar-refractivity contribution is -0.130. The number of hydrogen-bond acceptors (Lipinski definition) is 3. The molecule has 122 valence electrons. The van der Waals surface area contributed by atoms with Gasteiger partial charge in [-0.3, -0.25) is 9.59 Å². The zero-order valence-corrected chi connectivity index (χ0v) is 14.1. The minimum absolute atomic E-state index is 0.0306. The smallest absolute Gasteiger partial charge is 0.191 e. The summed E-state index contributed by atoms with van der Waals surface area (Å²) in [5.41, 5.74) is 2.25. The number of rotatable bonds is 1. The molecule has 0 saturated heterocycles. The maximum Gasteiger partial charge on any atom is 0.191 e. The third kappa shape index (κ3) is 2.29. The Hall–Kier alpha value is -1.74. The Morgan fingerprint density at radius 2 is 2.04 bits per heavy atom. The third-order valence-electron chi connectivity index (χ3n) is 5.66. The van der Waals surface area contributed by atoms with E-state index in [4.69, 9.17) is 0 Å². The van der Waals surface area contributed by atoms with Crippen molar-refractivity contribution in [3.8, 4) is 0 Å². The fourth-order valence-electron chi connectivity index (χ4n) is 4.46. The summed E-state index contributed by atoms with van der Waals surface area (Å²) < 4.78 is 0. The van der Waals surface area contributed by atoms with Crippen molar-refractivity contribution >= 4 is 11.6 Å². The summed E-state index contributed by atoms with van der Waals surface area (Å²) in [5, 5.41) is 10.4. The maximum atomic E-state index is 12.8. The number of hydrogen-bond donors (Lipinski definition) is 1. The predicted molar refractivity (Wildman–Crippen MR) is 89.7 cm³/mol. The van der Waals surface area contributed by atoms with Gasteiger partial charge in [-0.1, -0.05) is 30.4 Å². The average Bonchev–Trinajstić information content (AvgIpc) is 2.62. The quantitative estimate of drug-likeness (QED) is 0.756. The van der Waals surface area contributed by atoms with Crippen molar-refractivity contribution in [1.82, 2.24) is 0 Å². The molecule has 3 nitrogen and oxygen atoms in total. The molecule has 3 aliphatic rings. The van der Waals surface area contributed by atoms with Crippen LogP contribution in [0.1, 0.15) is 40.0 Å². The van der Waals surface area contributed by atoms with E-state index in [-0.39, 0.29) is 35.7 Å². The van der Waals surface area contributed by atoms with Crippen LogP contribution in [0.25, 0.3) is 0 Å². The average molecular weight is 312 g/mol. The van der Waals surface area contributed by atoms with Crippen molar-refractivity contribution in [1.29, 1.82) is 0 Å². The van der Waals surface area contributed by atoms with Gasteiger partial charge >= 0.3 is 0 Å². The van der Waals surface area contributed by atoms with Crippen LogP contribution in [-0.4, -0.2) is 22.3 Å². The van der Waals surface area contributed by atoms with E-state index in [1.807, 2.05) is 13.0 Å². The van der Waals surface area contributed by atoms with Crippen LogP contribution < -0.4 is 0 Å². The molecule has 2 unspecified atom stereocenters. The molecule has 1 N–H and O–H groups in total. The highest BCUT2D eigenvalue weighted by atomic mass is 16.3. The molecule has 0 amide bonds. The fraction of sp³-hybridized carbons (Fsp3) is 0.500. The van der Waals surface area contributed by atoms with E-state index in [0.717, 1.165) is 24.0 Å². The van der Waals surface area contributed by atoms with Gasteiger partial charge in [0.1, 0.15) is 5.60 Å². The lowest BCUT2D eigenvalue weighted by Gasteiger charge is -2.39. The van der Waals surface area contributed by atoms with Gasteiger partial charge in [-0.2, -0.15) is 0 Å². The first-order valence-corrected chi connectivity index (χ1v) is 8.21. The summed E-state index contributed by atoms with van der Waals surface area (Å²) in [7, 11) is 0.